The van der Waals surface area contributed by atoms with Gasteiger partial charge in [0.25, 0.3) is 5.91 Å². The molecule has 1 aromatic carbocycles. The lowest BCUT2D eigenvalue weighted by molar-refractivity contribution is -0.108. The van der Waals surface area contributed by atoms with Crippen molar-refractivity contribution in [2.45, 2.75) is 6.29 Å². The molecule has 0 saturated heterocycles. The Morgan fingerprint density at radius 3 is 2.43 bits per heavy atom. The number of nitrogens with one attached hydrogen (secondary N) is 1. The number of pyridine rings is 1. The van der Waals surface area contributed by atoms with E-state index in [1.807, 2.05) is 0 Å². The predicted octanol–water partition coefficient (Wildman–Crippen LogP) is 2.76. The molecule has 0 aliphatic carbocycles. The van der Waals surface area contributed by atoms with Crippen molar-refractivity contribution < 1.29 is 18.7 Å². The summed E-state index contributed by atoms with van der Waals surface area (Å²) >= 11 is 0. The Labute approximate surface area is 121 Å². The molecular formula is C15H15FN2O3. The third-order valence-corrected chi connectivity index (χ3v) is 2.78. The Kier molecular flexibility index (Phi) is 4.97. The molecule has 110 valence electrons. The molecule has 1 N–H and O–H groups in total. The summed E-state index contributed by atoms with van der Waals surface area (Å²) in [4.78, 5) is 16.3. The summed E-state index contributed by atoms with van der Waals surface area (Å²) in [6.45, 7) is 0. The zero-order valence-electron chi connectivity index (χ0n) is 11.7. The normalized spacial score (nSPS) is 10.7. The second-order valence-corrected chi connectivity index (χ2v) is 4.21. The number of amides is 1. The van der Waals surface area contributed by atoms with Crippen molar-refractivity contribution in [1.29, 1.82) is 0 Å². The van der Waals surface area contributed by atoms with Gasteiger partial charge in [0.15, 0.2) is 0 Å². The highest BCUT2D eigenvalue weighted by Gasteiger charge is 2.14. The van der Waals surface area contributed by atoms with Crippen LogP contribution in [-0.2, 0) is 9.47 Å². The second-order valence-electron chi connectivity index (χ2n) is 4.21. The summed E-state index contributed by atoms with van der Waals surface area (Å²) < 4.78 is 23.0. The largest absolute Gasteiger partial charge is 0.350 e. The van der Waals surface area contributed by atoms with Gasteiger partial charge in [-0.2, -0.15) is 0 Å². The highest BCUT2D eigenvalue weighted by atomic mass is 19.1. The third-order valence-electron chi connectivity index (χ3n) is 2.78. The Bertz CT molecular complexity index is 613. The molecule has 0 radical (unpaired) electrons. The number of rotatable bonds is 5. The first-order chi connectivity index (χ1) is 10.1. The lowest BCUT2D eigenvalue weighted by Gasteiger charge is -2.13. The smallest absolute Gasteiger partial charge is 0.274 e. The van der Waals surface area contributed by atoms with Gasteiger partial charge in [0.1, 0.15) is 11.5 Å². The zero-order chi connectivity index (χ0) is 15.2. The van der Waals surface area contributed by atoms with Gasteiger partial charge in [-0.3, -0.25) is 4.79 Å². The number of ether oxygens (including phenoxy) is 2. The monoisotopic (exact) mass is 290 g/mol. The summed E-state index contributed by atoms with van der Waals surface area (Å²) in [6.07, 6.45) is -0.636. The van der Waals surface area contributed by atoms with Gasteiger partial charge in [0, 0.05) is 19.9 Å². The van der Waals surface area contributed by atoms with Crippen LogP contribution in [0.25, 0.3) is 0 Å². The molecule has 0 aliphatic rings. The van der Waals surface area contributed by atoms with Crippen LogP contribution in [0.1, 0.15) is 22.5 Å². The van der Waals surface area contributed by atoms with Gasteiger partial charge in [-0.25, -0.2) is 9.37 Å². The molecule has 0 atom stereocenters. The van der Waals surface area contributed by atoms with Crippen molar-refractivity contribution in [2.24, 2.45) is 0 Å². The molecule has 1 aromatic heterocycles. The van der Waals surface area contributed by atoms with Crippen molar-refractivity contribution in [1.82, 2.24) is 4.98 Å². The fourth-order valence-electron chi connectivity index (χ4n) is 1.78. The minimum absolute atomic E-state index is 0.218. The number of nitrogens with zero attached hydrogens (tertiary/aromatic N) is 1. The van der Waals surface area contributed by atoms with Gasteiger partial charge < -0.3 is 14.8 Å². The van der Waals surface area contributed by atoms with Gasteiger partial charge in [0.2, 0.25) is 6.29 Å². The zero-order valence-corrected chi connectivity index (χ0v) is 11.7. The number of methoxy groups -OCH3 is 2. The summed E-state index contributed by atoms with van der Waals surface area (Å²) in [6, 6.07) is 10.5. The molecule has 0 spiro atoms. The minimum Gasteiger partial charge on any atom is -0.350 e. The van der Waals surface area contributed by atoms with Gasteiger partial charge in [-0.1, -0.05) is 6.07 Å². The Morgan fingerprint density at radius 2 is 1.81 bits per heavy atom. The number of halogens is 1. The third kappa shape index (κ3) is 3.84. The average molecular weight is 290 g/mol. The van der Waals surface area contributed by atoms with E-state index in [1.165, 1.54) is 38.5 Å². The fraction of sp³-hybridized carbons (Fsp3) is 0.200. The maximum absolute atomic E-state index is 12.8. The summed E-state index contributed by atoms with van der Waals surface area (Å²) in [5, 5.41) is 2.64. The first-order valence-electron chi connectivity index (χ1n) is 6.23. The van der Waals surface area contributed by atoms with Crippen molar-refractivity contribution in [3.63, 3.8) is 0 Å². The Hall–Kier alpha value is -2.31. The molecule has 21 heavy (non-hydrogen) atoms. The van der Waals surface area contributed by atoms with E-state index in [0.717, 1.165) is 0 Å². The number of carbonyl (C=O) groups excluding carboxylic acids is 1. The molecule has 2 rings (SSSR count). The van der Waals surface area contributed by atoms with Crippen LogP contribution in [-0.4, -0.2) is 25.1 Å². The van der Waals surface area contributed by atoms with Crippen LogP contribution >= 0.6 is 0 Å². The number of anilines is 1. The first-order valence-corrected chi connectivity index (χ1v) is 6.23. The number of aromatic nitrogens is 1. The topological polar surface area (TPSA) is 60.5 Å². The van der Waals surface area contributed by atoms with Crippen LogP contribution in [0, 0.1) is 5.82 Å². The van der Waals surface area contributed by atoms with Crippen LogP contribution in [0.4, 0.5) is 10.1 Å². The molecule has 0 fully saturated rings. The SMILES string of the molecule is COC(OC)c1cccc(C(=O)Nc2ccc(F)cc2)n1. The van der Waals surface area contributed by atoms with Crippen molar-refractivity contribution in [3.8, 4) is 0 Å². The predicted molar refractivity (Wildman–Crippen MR) is 75.3 cm³/mol. The Morgan fingerprint density at radius 1 is 1.14 bits per heavy atom. The van der Waals surface area contributed by atoms with E-state index in [2.05, 4.69) is 10.3 Å². The number of hydrogen-bond donors (Lipinski definition) is 1. The molecule has 0 unspecified atom stereocenters. The fourth-order valence-corrected chi connectivity index (χ4v) is 1.78. The van der Waals surface area contributed by atoms with Gasteiger partial charge in [0.05, 0.1) is 5.69 Å². The summed E-state index contributed by atoms with van der Waals surface area (Å²) in [5.41, 5.74) is 1.20. The maximum atomic E-state index is 12.8. The van der Waals surface area contributed by atoms with Crippen LogP contribution < -0.4 is 5.32 Å². The van der Waals surface area contributed by atoms with Crippen molar-refractivity contribution in [2.75, 3.05) is 19.5 Å². The molecule has 0 bridgehead atoms. The van der Waals surface area contributed by atoms with Gasteiger partial charge in [-0.05, 0) is 36.4 Å². The van der Waals surface area contributed by atoms with Crippen LogP contribution in [0.2, 0.25) is 0 Å². The van der Waals surface area contributed by atoms with E-state index in [4.69, 9.17) is 9.47 Å². The first kappa shape index (κ1) is 15.1. The molecule has 6 heteroatoms. The number of carbonyl (C=O) groups is 1. The van der Waals surface area contributed by atoms with E-state index < -0.39 is 12.2 Å². The lowest BCUT2D eigenvalue weighted by atomic mass is 10.2. The van der Waals surface area contributed by atoms with Crippen molar-refractivity contribution >= 4 is 11.6 Å². The number of benzene rings is 1. The van der Waals surface area contributed by atoms with Crippen LogP contribution in [0.15, 0.2) is 42.5 Å². The molecular weight excluding hydrogens is 275 g/mol. The van der Waals surface area contributed by atoms with E-state index in [1.54, 1.807) is 18.2 Å². The second kappa shape index (κ2) is 6.92. The molecule has 0 aliphatic heterocycles. The molecule has 0 saturated carbocycles. The molecule has 1 amide bonds. The summed E-state index contributed by atoms with van der Waals surface area (Å²) in [7, 11) is 2.97. The highest BCUT2D eigenvalue weighted by molar-refractivity contribution is 6.02. The summed E-state index contributed by atoms with van der Waals surface area (Å²) in [5.74, 6) is -0.759. The van der Waals surface area contributed by atoms with E-state index in [-0.39, 0.29) is 11.5 Å². The van der Waals surface area contributed by atoms with Crippen LogP contribution in [0.3, 0.4) is 0 Å². The molecule has 2 aromatic rings. The lowest BCUT2D eigenvalue weighted by Crippen LogP contribution is -2.16. The average Bonchev–Trinajstić information content (AvgIpc) is 2.51. The number of hydrogen-bond acceptors (Lipinski definition) is 4. The van der Waals surface area contributed by atoms with E-state index in [9.17, 15) is 9.18 Å². The standard InChI is InChI=1S/C15H15FN2O3/c1-20-15(21-2)13-5-3-4-12(18-13)14(19)17-11-8-6-10(16)7-9-11/h3-9,15H,1-2H3,(H,17,19). The quantitative estimate of drug-likeness (QED) is 0.860. The van der Waals surface area contributed by atoms with Crippen LogP contribution in [0.5, 0.6) is 0 Å². The van der Waals surface area contributed by atoms with E-state index in [0.29, 0.717) is 11.4 Å². The highest BCUT2D eigenvalue weighted by Crippen LogP contribution is 2.16. The van der Waals surface area contributed by atoms with E-state index >= 15 is 0 Å². The Balaban J connectivity index is 2.15. The molecule has 1 heterocycles. The minimum atomic E-state index is -0.636. The van der Waals surface area contributed by atoms with Gasteiger partial charge >= 0.3 is 0 Å². The maximum Gasteiger partial charge on any atom is 0.274 e. The molecule has 5 nitrogen and oxygen atoms in total. The van der Waals surface area contributed by atoms with Gasteiger partial charge in [-0.15, -0.1) is 0 Å². The van der Waals surface area contributed by atoms with Crippen molar-refractivity contribution in [3.05, 3.63) is 59.7 Å².